The number of carbonyl (C=O) groups is 1. The van der Waals surface area contributed by atoms with Gasteiger partial charge in [-0.15, -0.1) is 0 Å². The van der Waals surface area contributed by atoms with Gasteiger partial charge in [0, 0.05) is 0 Å². The van der Waals surface area contributed by atoms with E-state index in [2.05, 4.69) is 0 Å². The lowest BCUT2D eigenvalue weighted by molar-refractivity contribution is 0.0697. The molecule has 0 fully saturated rings. The fourth-order valence-electron chi connectivity index (χ4n) is 2.56. The number of halogens is 1. The van der Waals surface area contributed by atoms with Crippen molar-refractivity contribution >= 4 is 16.7 Å². The molecule has 0 aliphatic heterocycles. The van der Waals surface area contributed by atoms with Crippen LogP contribution in [0.2, 0.25) is 0 Å². The highest BCUT2D eigenvalue weighted by Gasteiger charge is 2.15. The number of hydrogen-bond donors (Lipinski definition) is 1. The molecule has 110 valence electrons. The number of methoxy groups -OCH3 is 1. The van der Waals surface area contributed by atoms with Crippen LogP contribution >= 0.6 is 0 Å². The quantitative estimate of drug-likeness (QED) is 0.781. The van der Waals surface area contributed by atoms with E-state index in [1.807, 2.05) is 12.1 Å². The summed E-state index contributed by atoms with van der Waals surface area (Å²) in [4.78, 5) is 11.2. The predicted octanol–water partition coefficient (Wildman–Crippen LogP) is 4.35. The molecule has 22 heavy (non-hydrogen) atoms. The van der Waals surface area contributed by atoms with E-state index in [0.717, 1.165) is 5.39 Å². The Kier molecular flexibility index (Phi) is 3.51. The van der Waals surface area contributed by atoms with Gasteiger partial charge < -0.3 is 9.84 Å². The van der Waals surface area contributed by atoms with E-state index in [1.165, 1.54) is 19.2 Å². The normalized spacial score (nSPS) is 10.6. The van der Waals surface area contributed by atoms with Crippen molar-refractivity contribution in [1.29, 1.82) is 0 Å². The van der Waals surface area contributed by atoms with Crippen LogP contribution in [0.1, 0.15) is 10.4 Å². The second kappa shape index (κ2) is 5.48. The Hall–Kier alpha value is -2.88. The molecule has 3 nitrogen and oxygen atoms in total. The van der Waals surface area contributed by atoms with Gasteiger partial charge in [-0.25, -0.2) is 9.18 Å². The van der Waals surface area contributed by atoms with Crippen molar-refractivity contribution in [2.45, 2.75) is 0 Å². The maximum atomic E-state index is 14.3. The minimum Gasteiger partial charge on any atom is -0.496 e. The largest absolute Gasteiger partial charge is 0.496 e. The zero-order chi connectivity index (χ0) is 15.7. The van der Waals surface area contributed by atoms with Crippen LogP contribution in [-0.4, -0.2) is 18.2 Å². The average molecular weight is 296 g/mol. The molecule has 0 heterocycles. The molecule has 0 spiro atoms. The molecule has 0 atom stereocenters. The molecule has 0 unspecified atom stereocenters. The Balaban J connectivity index is 2.36. The predicted molar refractivity (Wildman–Crippen MR) is 82.9 cm³/mol. The van der Waals surface area contributed by atoms with Crippen LogP contribution in [-0.2, 0) is 0 Å². The number of fused-ring (bicyclic) bond motifs is 1. The minimum atomic E-state index is -1.02. The van der Waals surface area contributed by atoms with Gasteiger partial charge in [0.1, 0.15) is 11.6 Å². The standard InChI is InChI=1S/C18H13FO3/c1-22-16-7-3-6-15(19)17(16)13-5-2-4-11-8-9-12(18(20)21)10-14(11)13/h2-10H,1H3,(H,20,21). The van der Waals surface area contributed by atoms with Gasteiger partial charge in [-0.3, -0.25) is 0 Å². The second-order valence-electron chi connectivity index (χ2n) is 4.86. The smallest absolute Gasteiger partial charge is 0.335 e. The summed E-state index contributed by atoms with van der Waals surface area (Å²) in [6.45, 7) is 0. The van der Waals surface area contributed by atoms with Gasteiger partial charge in [-0.1, -0.05) is 30.3 Å². The van der Waals surface area contributed by atoms with E-state index >= 15 is 0 Å². The molecule has 0 amide bonds. The number of aromatic carboxylic acids is 1. The first kappa shape index (κ1) is 14.1. The highest BCUT2D eigenvalue weighted by Crippen LogP contribution is 2.37. The van der Waals surface area contributed by atoms with E-state index < -0.39 is 11.8 Å². The molecule has 0 aromatic heterocycles. The van der Waals surface area contributed by atoms with Gasteiger partial charge in [0.2, 0.25) is 0 Å². The lowest BCUT2D eigenvalue weighted by atomic mass is 9.96. The first-order valence-corrected chi connectivity index (χ1v) is 6.71. The van der Waals surface area contributed by atoms with Crippen LogP contribution in [0.4, 0.5) is 4.39 Å². The lowest BCUT2D eigenvalue weighted by Crippen LogP contribution is -1.97. The van der Waals surface area contributed by atoms with E-state index in [9.17, 15) is 9.18 Å². The molecule has 0 aliphatic rings. The molecule has 0 radical (unpaired) electrons. The van der Waals surface area contributed by atoms with Gasteiger partial charge in [0.25, 0.3) is 0 Å². The summed E-state index contributed by atoms with van der Waals surface area (Å²) in [6.07, 6.45) is 0. The number of rotatable bonds is 3. The number of carboxylic acids is 1. The third kappa shape index (κ3) is 2.29. The van der Waals surface area contributed by atoms with Crippen molar-refractivity contribution in [1.82, 2.24) is 0 Å². The molecule has 3 aromatic carbocycles. The van der Waals surface area contributed by atoms with E-state index in [4.69, 9.17) is 9.84 Å². The maximum absolute atomic E-state index is 14.3. The Morgan fingerprint density at radius 2 is 1.86 bits per heavy atom. The zero-order valence-electron chi connectivity index (χ0n) is 11.8. The van der Waals surface area contributed by atoms with Crippen molar-refractivity contribution in [2.24, 2.45) is 0 Å². The highest BCUT2D eigenvalue weighted by atomic mass is 19.1. The van der Waals surface area contributed by atoms with Crippen molar-refractivity contribution in [2.75, 3.05) is 7.11 Å². The topological polar surface area (TPSA) is 46.5 Å². The molecule has 3 aromatic rings. The molecular weight excluding hydrogens is 283 g/mol. The molecule has 0 saturated heterocycles. The summed E-state index contributed by atoms with van der Waals surface area (Å²) in [6, 6.07) is 14.8. The van der Waals surface area contributed by atoms with E-state index in [0.29, 0.717) is 22.3 Å². The molecule has 1 N–H and O–H groups in total. The van der Waals surface area contributed by atoms with Crippen molar-refractivity contribution in [3.63, 3.8) is 0 Å². The number of benzene rings is 3. The van der Waals surface area contributed by atoms with Crippen LogP contribution in [0, 0.1) is 5.82 Å². The molecule has 3 rings (SSSR count). The zero-order valence-corrected chi connectivity index (χ0v) is 11.8. The number of hydrogen-bond acceptors (Lipinski definition) is 2. The van der Waals surface area contributed by atoms with Crippen LogP contribution < -0.4 is 4.74 Å². The molecule has 0 bridgehead atoms. The Labute approximate surface area is 126 Å². The maximum Gasteiger partial charge on any atom is 0.335 e. The number of ether oxygens (including phenoxy) is 1. The van der Waals surface area contributed by atoms with Crippen molar-refractivity contribution in [3.05, 3.63) is 66.0 Å². The van der Waals surface area contributed by atoms with E-state index in [-0.39, 0.29) is 5.56 Å². The van der Waals surface area contributed by atoms with Gasteiger partial charge in [0.15, 0.2) is 0 Å². The monoisotopic (exact) mass is 296 g/mol. The summed E-state index contributed by atoms with van der Waals surface area (Å²) in [5, 5.41) is 10.7. The van der Waals surface area contributed by atoms with Gasteiger partial charge >= 0.3 is 5.97 Å². The highest BCUT2D eigenvalue weighted by molar-refractivity contribution is 6.02. The summed E-state index contributed by atoms with van der Waals surface area (Å²) in [5.41, 5.74) is 1.10. The first-order valence-electron chi connectivity index (χ1n) is 6.71. The summed E-state index contributed by atoms with van der Waals surface area (Å²) < 4.78 is 19.6. The summed E-state index contributed by atoms with van der Waals surface area (Å²) in [7, 11) is 1.48. The van der Waals surface area contributed by atoms with Crippen LogP contribution in [0.3, 0.4) is 0 Å². The van der Waals surface area contributed by atoms with E-state index in [1.54, 1.807) is 30.3 Å². The molecule has 0 saturated carbocycles. The molecular formula is C18H13FO3. The molecule has 4 heteroatoms. The van der Waals surface area contributed by atoms with Gasteiger partial charge in [-0.05, 0) is 40.6 Å². The van der Waals surface area contributed by atoms with Crippen LogP contribution in [0.15, 0.2) is 54.6 Å². The van der Waals surface area contributed by atoms with Gasteiger partial charge in [0.05, 0.1) is 18.2 Å². The van der Waals surface area contributed by atoms with Crippen molar-refractivity contribution in [3.8, 4) is 16.9 Å². The summed E-state index contributed by atoms with van der Waals surface area (Å²) >= 11 is 0. The van der Waals surface area contributed by atoms with Crippen molar-refractivity contribution < 1.29 is 19.0 Å². The Bertz CT molecular complexity index is 871. The number of carboxylic acid groups (broad SMARTS) is 1. The fraction of sp³-hybridized carbons (Fsp3) is 0.0556. The van der Waals surface area contributed by atoms with Crippen LogP contribution in [0.5, 0.6) is 5.75 Å². The van der Waals surface area contributed by atoms with Crippen LogP contribution in [0.25, 0.3) is 21.9 Å². The summed E-state index contributed by atoms with van der Waals surface area (Å²) in [5.74, 6) is -1.02. The Morgan fingerprint density at radius 3 is 2.59 bits per heavy atom. The SMILES string of the molecule is COc1cccc(F)c1-c1cccc2ccc(C(=O)O)cc12. The molecule has 0 aliphatic carbocycles. The fourth-order valence-corrected chi connectivity index (χ4v) is 2.56. The first-order chi connectivity index (χ1) is 10.6. The third-order valence-corrected chi connectivity index (χ3v) is 3.59. The average Bonchev–Trinajstić information content (AvgIpc) is 2.53. The minimum absolute atomic E-state index is 0.162. The lowest BCUT2D eigenvalue weighted by Gasteiger charge is -2.12. The Morgan fingerprint density at radius 1 is 1.09 bits per heavy atom. The third-order valence-electron chi connectivity index (χ3n) is 3.59. The second-order valence-corrected chi connectivity index (χ2v) is 4.86. The van der Waals surface area contributed by atoms with Gasteiger partial charge in [-0.2, -0.15) is 0 Å².